The second kappa shape index (κ2) is 7.54. The first-order valence-corrected chi connectivity index (χ1v) is 7.57. The van der Waals surface area contributed by atoms with Crippen LogP contribution >= 0.6 is 0 Å². The van der Waals surface area contributed by atoms with Gasteiger partial charge in [-0.1, -0.05) is 18.2 Å². The van der Waals surface area contributed by atoms with Gasteiger partial charge in [0.25, 0.3) is 5.91 Å². The van der Waals surface area contributed by atoms with Crippen molar-refractivity contribution in [3.05, 3.63) is 58.0 Å². The molecule has 1 atom stereocenters. The monoisotopic (exact) mass is 329 g/mol. The largest absolute Gasteiger partial charge is 0.481 e. The molecule has 1 aromatic heterocycles. The summed E-state index contributed by atoms with van der Waals surface area (Å²) >= 11 is 0. The van der Waals surface area contributed by atoms with Gasteiger partial charge in [0.1, 0.15) is 0 Å². The Morgan fingerprint density at radius 2 is 1.96 bits per heavy atom. The first kappa shape index (κ1) is 17.4. The normalized spacial score (nSPS) is 11.8. The molecule has 2 aromatic rings. The summed E-state index contributed by atoms with van der Waals surface area (Å²) in [6.07, 6.45) is 0.219. The van der Waals surface area contributed by atoms with E-state index in [1.165, 1.54) is 10.7 Å². The number of aromatic nitrogens is 2. The molecule has 0 spiro atoms. The van der Waals surface area contributed by atoms with Crippen LogP contribution in [0.1, 0.15) is 35.9 Å². The fourth-order valence-corrected chi connectivity index (χ4v) is 2.24. The molecule has 1 amide bonds. The van der Waals surface area contributed by atoms with Crippen molar-refractivity contribution in [2.45, 2.75) is 32.7 Å². The third-order valence-electron chi connectivity index (χ3n) is 3.49. The van der Waals surface area contributed by atoms with E-state index in [2.05, 4.69) is 10.4 Å². The molecule has 0 saturated heterocycles. The van der Waals surface area contributed by atoms with Gasteiger partial charge >= 0.3 is 5.97 Å². The molecule has 0 saturated carbocycles. The van der Waals surface area contributed by atoms with Crippen molar-refractivity contribution in [2.24, 2.45) is 0 Å². The summed E-state index contributed by atoms with van der Waals surface area (Å²) in [7, 11) is 0. The number of nitrogens with one attached hydrogen (secondary N) is 1. The van der Waals surface area contributed by atoms with Gasteiger partial charge in [-0.3, -0.25) is 14.4 Å². The average Bonchev–Trinajstić information content (AvgIpc) is 2.53. The van der Waals surface area contributed by atoms with Crippen LogP contribution in [0, 0.1) is 6.92 Å². The topological polar surface area (TPSA) is 101 Å². The van der Waals surface area contributed by atoms with Crippen molar-refractivity contribution in [3.63, 3.8) is 0 Å². The highest BCUT2D eigenvalue weighted by Crippen LogP contribution is 2.08. The number of hydrogen-bond donors (Lipinski definition) is 2. The number of carbonyl (C=O) groups is 2. The maximum absolute atomic E-state index is 12.3. The van der Waals surface area contributed by atoms with Gasteiger partial charge in [-0.15, -0.1) is 0 Å². The first-order chi connectivity index (χ1) is 11.4. The highest BCUT2D eigenvalue weighted by molar-refractivity contribution is 5.92. The van der Waals surface area contributed by atoms with Crippen molar-refractivity contribution in [1.82, 2.24) is 15.1 Å². The third kappa shape index (κ3) is 4.28. The van der Waals surface area contributed by atoms with Crippen LogP contribution in [-0.2, 0) is 4.79 Å². The Labute approximate surface area is 138 Å². The van der Waals surface area contributed by atoms with Gasteiger partial charge < -0.3 is 10.4 Å². The number of carbonyl (C=O) groups excluding carboxylic acids is 1. The van der Waals surface area contributed by atoms with Gasteiger partial charge in [0.15, 0.2) is 5.69 Å². The predicted molar refractivity (Wildman–Crippen MR) is 88.4 cm³/mol. The number of carboxylic acid groups (broad SMARTS) is 1. The Hall–Kier alpha value is -2.96. The van der Waals surface area contributed by atoms with Crippen LogP contribution in [0.2, 0.25) is 0 Å². The molecule has 1 aromatic carbocycles. The predicted octanol–water partition coefficient (Wildman–Crippen LogP) is 1.52. The lowest BCUT2D eigenvalue weighted by Crippen LogP contribution is -2.37. The first-order valence-electron chi connectivity index (χ1n) is 7.57. The van der Waals surface area contributed by atoms with E-state index < -0.39 is 17.3 Å². The minimum absolute atomic E-state index is 0.0585. The lowest BCUT2D eigenvalue weighted by Gasteiger charge is -2.14. The Morgan fingerprint density at radius 1 is 1.29 bits per heavy atom. The molecule has 0 aliphatic carbocycles. The summed E-state index contributed by atoms with van der Waals surface area (Å²) in [6, 6.07) is 10.2. The molecule has 1 heterocycles. The van der Waals surface area contributed by atoms with Crippen molar-refractivity contribution < 1.29 is 14.7 Å². The fraction of sp³-hybridized carbons (Fsp3) is 0.294. The standard InChI is InChI=1S/C17H19N3O4/c1-11(8-9-15(22)23)18-17(24)16-14(21)10-12(2)20(19-16)13-6-4-3-5-7-13/h3-7,10-11H,8-9H2,1-2H3,(H,18,24)(H,22,23). The molecule has 126 valence electrons. The second-order valence-corrected chi connectivity index (χ2v) is 5.55. The minimum atomic E-state index is -0.934. The average molecular weight is 329 g/mol. The Bertz CT molecular complexity index is 799. The van der Waals surface area contributed by atoms with Gasteiger partial charge in [-0.25, -0.2) is 4.68 Å². The maximum Gasteiger partial charge on any atom is 0.303 e. The zero-order valence-corrected chi connectivity index (χ0v) is 13.5. The van der Waals surface area contributed by atoms with E-state index in [4.69, 9.17) is 5.11 Å². The molecule has 2 N–H and O–H groups in total. The van der Waals surface area contributed by atoms with Crippen molar-refractivity contribution in [2.75, 3.05) is 0 Å². The van der Waals surface area contributed by atoms with E-state index >= 15 is 0 Å². The Balaban J connectivity index is 2.25. The zero-order valence-electron chi connectivity index (χ0n) is 13.5. The molecule has 0 radical (unpaired) electrons. The Morgan fingerprint density at radius 3 is 2.58 bits per heavy atom. The highest BCUT2D eigenvalue weighted by atomic mass is 16.4. The van der Waals surface area contributed by atoms with E-state index in [1.807, 2.05) is 30.3 Å². The van der Waals surface area contributed by atoms with Crippen molar-refractivity contribution in [3.8, 4) is 5.69 Å². The quantitative estimate of drug-likeness (QED) is 0.837. The van der Waals surface area contributed by atoms with Crippen LogP contribution in [0.15, 0.2) is 41.2 Å². The number of rotatable bonds is 6. The molecular formula is C17H19N3O4. The number of benzene rings is 1. The smallest absolute Gasteiger partial charge is 0.303 e. The summed E-state index contributed by atoms with van der Waals surface area (Å²) in [6.45, 7) is 3.42. The molecule has 7 heteroatoms. The molecule has 0 aliphatic rings. The number of carboxylic acids is 1. The number of aryl methyl sites for hydroxylation is 1. The fourth-order valence-electron chi connectivity index (χ4n) is 2.24. The van der Waals surface area contributed by atoms with Gasteiger partial charge in [0, 0.05) is 24.2 Å². The summed E-state index contributed by atoms with van der Waals surface area (Å²) in [4.78, 5) is 34.9. The van der Waals surface area contributed by atoms with Crippen LogP contribution in [0.4, 0.5) is 0 Å². The van der Waals surface area contributed by atoms with Gasteiger partial charge in [-0.05, 0) is 32.4 Å². The molecular weight excluding hydrogens is 310 g/mol. The van der Waals surface area contributed by atoms with Gasteiger partial charge in [0.2, 0.25) is 5.43 Å². The van der Waals surface area contributed by atoms with E-state index in [0.29, 0.717) is 5.69 Å². The summed E-state index contributed by atoms with van der Waals surface area (Å²) in [5.74, 6) is -1.54. The van der Waals surface area contributed by atoms with Crippen LogP contribution < -0.4 is 10.7 Å². The van der Waals surface area contributed by atoms with Crippen LogP contribution in [0.25, 0.3) is 5.69 Å². The minimum Gasteiger partial charge on any atom is -0.481 e. The summed E-state index contributed by atoms with van der Waals surface area (Å²) in [5.41, 5.74) is 0.666. The summed E-state index contributed by atoms with van der Waals surface area (Å²) < 4.78 is 1.53. The Kier molecular flexibility index (Phi) is 5.47. The lowest BCUT2D eigenvalue weighted by molar-refractivity contribution is -0.137. The number of para-hydroxylation sites is 1. The number of aliphatic carboxylic acids is 1. The van der Waals surface area contributed by atoms with Crippen LogP contribution in [0.5, 0.6) is 0 Å². The second-order valence-electron chi connectivity index (χ2n) is 5.55. The molecule has 2 rings (SSSR count). The van der Waals surface area contributed by atoms with E-state index in [1.54, 1.807) is 13.8 Å². The number of hydrogen-bond acceptors (Lipinski definition) is 4. The van der Waals surface area contributed by atoms with Gasteiger partial charge in [-0.2, -0.15) is 5.10 Å². The van der Waals surface area contributed by atoms with E-state index in [9.17, 15) is 14.4 Å². The SMILES string of the molecule is Cc1cc(=O)c(C(=O)NC(C)CCC(=O)O)nn1-c1ccccc1. The molecule has 0 fully saturated rings. The molecule has 0 aliphatic heterocycles. The highest BCUT2D eigenvalue weighted by Gasteiger charge is 2.17. The lowest BCUT2D eigenvalue weighted by atomic mass is 10.2. The van der Waals surface area contributed by atoms with Gasteiger partial charge in [0.05, 0.1) is 5.69 Å². The molecule has 1 unspecified atom stereocenters. The maximum atomic E-state index is 12.3. The molecule has 7 nitrogen and oxygen atoms in total. The third-order valence-corrected chi connectivity index (χ3v) is 3.49. The van der Waals surface area contributed by atoms with Crippen LogP contribution in [-0.4, -0.2) is 32.8 Å². The summed E-state index contributed by atoms with van der Waals surface area (Å²) in [5, 5.41) is 15.5. The van der Waals surface area contributed by atoms with E-state index in [-0.39, 0.29) is 24.6 Å². The number of amides is 1. The van der Waals surface area contributed by atoms with E-state index in [0.717, 1.165) is 5.69 Å². The molecule has 24 heavy (non-hydrogen) atoms. The van der Waals surface area contributed by atoms with Crippen LogP contribution in [0.3, 0.4) is 0 Å². The molecule has 0 bridgehead atoms. The number of nitrogens with zero attached hydrogens (tertiary/aromatic N) is 2. The van der Waals surface area contributed by atoms with Crippen molar-refractivity contribution >= 4 is 11.9 Å². The zero-order chi connectivity index (χ0) is 17.7. The van der Waals surface area contributed by atoms with Crippen molar-refractivity contribution in [1.29, 1.82) is 0 Å².